The Hall–Kier alpha value is -3.37. The molecule has 2 amide bonds. The highest BCUT2D eigenvalue weighted by molar-refractivity contribution is 6.33. The molecule has 0 aliphatic heterocycles. The van der Waals surface area contributed by atoms with E-state index in [9.17, 15) is 9.59 Å². The topological polar surface area (TPSA) is 72.2 Å². The SMILES string of the molecule is NC(=O)[C@@H](Cc1c2ccccc2cc2ccccc12)NC(=O)c1ccccc1Cl. The second-order valence-electron chi connectivity index (χ2n) is 6.91. The van der Waals surface area contributed by atoms with Crippen LogP contribution in [0.25, 0.3) is 21.5 Å². The van der Waals surface area contributed by atoms with Crippen molar-refractivity contribution >= 4 is 45.0 Å². The molecule has 4 rings (SSSR count). The van der Waals surface area contributed by atoms with Gasteiger partial charge >= 0.3 is 0 Å². The predicted octanol–water partition coefficient (Wildman–Crippen LogP) is 4.47. The maximum Gasteiger partial charge on any atom is 0.253 e. The lowest BCUT2D eigenvalue weighted by atomic mass is 9.92. The number of primary amides is 1. The highest BCUT2D eigenvalue weighted by Crippen LogP contribution is 2.29. The molecule has 0 fully saturated rings. The van der Waals surface area contributed by atoms with Gasteiger partial charge in [0.2, 0.25) is 5.91 Å². The molecule has 0 bridgehead atoms. The van der Waals surface area contributed by atoms with E-state index >= 15 is 0 Å². The van der Waals surface area contributed by atoms with Gasteiger partial charge in [-0.05, 0) is 45.3 Å². The molecule has 4 aromatic carbocycles. The quantitative estimate of drug-likeness (QED) is 0.483. The molecule has 0 unspecified atom stereocenters. The van der Waals surface area contributed by atoms with Crippen LogP contribution in [0.2, 0.25) is 5.02 Å². The summed E-state index contributed by atoms with van der Waals surface area (Å²) in [6, 6.07) is 23.9. The standard InChI is InChI=1S/C24H19ClN2O2/c25-21-12-6-5-11-19(21)24(29)27-22(23(26)28)14-20-17-9-3-1-7-15(17)13-16-8-2-4-10-18(16)20/h1-13,22H,14H2,(H2,26,28)(H,27,29)/t22-/m1/s1. The van der Waals surface area contributed by atoms with Gasteiger partial charge in [-0.3, -0.25) is 9.59 Å². The third-order valence-electron chi connectivity index (χ3n) is 5.06. The first-order valence-electron chi connectivity index (χ1n) is 9.28. The average Bonchev–Trinajstić information content (AvgIpc) is 2.73. The van der Waals surface area contributed by atoms with Crippen LogP contribution in [0.15, 0.2) is 78.9 Å². The van der Waals surface area contributed by atoms with Gasteiger partial charge in [-0.15, -0.1) is 0 Å². The van der Waals surface area contributed by atoms with Crippen LogP contribution in [0, 0.1) is 0 Å². The van der Waals surface area contributed by atoms with E-state index in [4.69, 9.17) is 17.3 Å². The van der Waals surface area contributed by atoms with Crippen molar-refractivity contribution in [1.82, 2.24) is 5.32 Å². The van der Waals surface area contributed by atoms with Gasteiger partial charge < -0.3 is 11.1 Å². The number of carbonyl (C=O) groups is 2. The summed E-state index contributed by atoms with van der Waals surface area (Å²) in [6.07, 6.45) is 0.285. The molecular weight excluding hydrogens is 384 g/mol. The molecule has 0 saturated heterocycles. The maximum absolute atomic E-state index is 12.7. The Labute approximate surface area is 173 Å². The Bertz CT molecular complexity index is 1180. The first-order valence-corrected chi connectivity index (χ1v) is 9.66. The summed E-state index contributed by atoms with van der Waals surface area (Å²) >= 11 is 6.12. The fourth-order valence-corrected chi connectivity index (χ4v) is 3.86. The summed E-state index contributed by atoms with van der Waals surface area (Å²) < 4.78 is 0. The van der Waals surface area contributed by atoms with Crippen molar-refractivity contribution in [2.75, 3.05) is 0 Å². The Morgan fingerprint density at radius 3 is 2.00 bits per heavy atom. The Balaban J connectivity index is 1.75. The van der Waals surface area contributed by atoms with Crippen LogP contribution in [-0.2, 0) is 11.2 Å². The van der Waals surface area contributed by atoms with E-state index in [2.05, 4.69) is 11.4 Å². The molecule has 1 atom stereocenters. The number of hydrogen-bond acceptors (Lipinski definition) is 2. The molecule has 4 nitrogen and oxygen atoms in total. The molecule has 29 heavy (non-hydrogen) atoms. The highest BCUT2D eigenvalue weighted by Gasteiger charge is 2.22. The van der Waals surface area contributed by atoms with Gasteiger partial charge in [-0.25, -0.2) is 0 Å². The van der Waals surface area contributed by atoms with E-state index in [1.807, 2.05) is 48.5 Å². The summed E-state index contributed by atoms with van der Waals surface area (Å²) in [7, 11) is 0. The molecule has 4 aromatic rings. The molecule has 0 aliphatic carbocycles. The van der Waals surface area contributed by atoms with Crippen molar-refractivity contribution in [1.29, 1.82) is 0 Å². The van der Waals surface area contributed by atoms with Crippen LogP contribution < -0.4 is 11.1 Å². The van der Waals surface area contributed by atoms with Crippen LogP contribution >= 0.6 is 11.6 Å². The molecule has 0 saturated carbocycles. The predicted molar refractivity (Wildman–Crippen MR) is 117 cm³/mol. The fraction of sp³-hybridized carbons (Fsp3) is 0.0833. The first kappa shape index (κ1) is 19.0. The summed E-state index contributed by atoms with van der Waals surface area (Å²) in [5.74, 6) is -1.02. The van der Waals surface area contributed by atoms with Crippen LogP contribution in [-0.4, -0.2) is 17.9 Å². The maximum atomic E-state index is 12.7. The average molecular weight is 403 g/mol. The van der Waals surface area contributed by atoms with Crippen LogP contribution in [0.5, 0.6) is 0 Å². The van der Waals surface area contributed by atoms with Gasteiger partial charge in [-0.1, -0.05) is 72.3 Å². The number of amides is 2. The number of rotatable bonds is 5. The van der Waals surface area contributed by atoms with Crippen LogP contribution in [0.4, 0.5) is 0 Å². The van der Waals surface area contributed by atoms with Gasteiger partial charge in [0.1, 0.15) is 6.04 Å². The monoisotopic (exact) mass is 402 g/mol. The number of benzene rings is 4. The smallest absolute Gasteiger partial charge is 0.253 e. The van der Waals surface area contributed by atoms with E-state index in [0.717, 1.165) is 27.1 Å². The molecule has 5 heteroatoms. The van der Waals surface area contributed by atoms with E-state index < -0.39 is 17.9 Å². The second-order valence-corrected chi connectivity index (χ2v) is 7.32. The molecule has 144 valence electrons. The highest BCUT2D eigenvalue weighted by atomic mass is 35.5. The third kappa shape index (κ3) is 3.80. The Morgan fingerprint density at radius 2 is 1.41 bits per heavy atom. The van der Waals surface area contributed by atoms with E-state index in [-0.39, 0.29) is 6.42 Å². The van der Waals surface area contributed by atoms with Crippen molar-refractivity contribution in [2.24, 2.45) is 5.73 Å². The Morgan fingerprint density at radius 1 is 0.862 bits per heavy atom. The largest absolute Gasteiger partial charge is 0.368 e. The minimum Gasteiger partial charge on any atom is -0.368 e. The van der Waals surface area contributed by atoms with Gasteiger partial charge in [-0.2, -0.15) is 0 Å². The molecule has 3 N–H and O–H groups in total. The van der Waals surface area contributed by atoms with Crippen molar-refractivity contribution in [2.45, 2.75) is 12.5 Å². The molecule has 0 spiro atoms. The zero-order valence-corrected chi connectivity index (χ0v) is 16.3. The molecule has 0 aliphatic rings. The zero-order valence-electron chi connectivity index (χ0n) is 15.6. The lowest BCUT2D eigenvalue weighted by Crippen LogP contribution is -2.46. The van der Waals surface area contributed by atoms with Gasteiger partial charge in [0.15, 0.2) is 0 Å². The lowest BCUT2D eigenvalue weighted by molar-refractivity contribution is -0.119. The van der Waals surface area contributed by atoms with Crippen LogP contribution in [0.3, 0.4) is 0 Å². The van der Waals surface area contributed by atoms with Gasteiger partial charge in [0.05, 0.1) is 10.6 Å². The van der Waals surface area contributed by atoms with Crippen LogP contribution in [0.1, 0.15) is 15.9 Å². The molecule has 0 aromatic heterocycles. The summed E-state index contributed by atoms with van der Waals surface area (Å²) in [6.45, 7) is 0. The van der Waals surface area contributed by atoms with Crippen molar-refractivity contribution in [3.63, 3.8) is 0 Å². The molecular formula is C24H19ClN2O2. The number of nitrogens with one attached hydrogen (secondary N) is 1. The van der Waals surface area contributed by atoms with Crippen molar-refractivity contribution in [3.8, 4) is 0 Å². The van der Waals surface area contributed by atoms with Crippen molar-refractivity contribution < 1.29 is 9.59 Å². The van der Waals surface area contributed by atoms with E-state index in [0.29, 0.717) is 10.6 Å². The van der Waals surface area contributed by atoms with Gasteiger partial charge in [0, 0.05) is 6.42 Å². The minimum atomic E-state index is -0.868. The Kier molecular flexibility index (Phi) is 5.19. The number of fused-ring (bicyclic) bond motifs is 2. The number of nitrogens with two attached hydrogens (primary N) is 1. The third-order valence-corrected chi connectivity index (χ3v) is 5.39. The molecule has 0 heterocycles. The minimum absolute atomic E-state index is 0.285. The first-order chi connectivity index (χ1) is 14.0. The second kappa shape index (κ2) is 7.94. The number of hydrogen-bond donors (Lipinski definition) is 2. The summed E-state index contributed by atoms with van der Waals surface area (Å²) in [5, 5.41) is 7.28. The summed E-state index contributed by atoms with van der Waals surface area (Å²) in [5.41, 5.74) is 6.93. The normalized spacial score (nSPS) is 12.0. The molecule has 0 radical (unpaired) electrons. The lowest BCUT2D eigenvalue weighted by Gasteiger charge is -2.19. The number of carbonyl (C=O) groups excluding carboxylic acids is 2. The van der Waals surface area contributed by atoms with Crippen molar-refractivity contribution in [3.05, 3.63) is 95.0 Å². The number of halogens is 1. The van der Waals surface area contributed by atoms with E-state index in [1.165, 1.54) is 0 Å². The van der Waals surface area contributed by atoms with Gasteiger partial charge in [0.25, 0.3) is 5.91 Å². The fourth-order valence-electron chi connectivity index (χ4n) is 3.64. The van der Waals surface area contributed by atoms with E-state index in [1.54, 1.807) is 24.3 Å². The summed E-state index contributed by atoms with van der Waals surface area (Å²) in [4.78, 5) is 24.9. The zero-order chi connectivity index (χ0) is 20.4.